The zero-order chi connectivity index (χ0) is 16.0. The van der Waals surface area contributed by atoms with Crippen LogP contribution in [0.25, 0.3) is 0 Å². The number of likely N-dealkylation sites (N-methyl/N-ethyl adjacent to an activating group) is 1. The maximum Gasteiger partial charge on any atom is 0.241 e. The van der Waals surface area contributed by atoms with Crippen LogP contribution >= 0.6 is 24.0 Å². The van der Waals surface area contributed by atoms with Crippen molar-refractivity contribution in [3.8, 4) is 0 Å². The Morgan fingerprint density at radius 2 is 2.04 bits per heavy atom. The Balaban J connectivity index is 0.00000484. The minimum absolute atomic E-state index is 0. The first-order chi connectivity index (χ1) is 10.8. The molecule has 3 N–H and O–H groups in total. The van der Waals surface area contributed by atoms with Gasteiger partial charge in [0.05, 0.1) is 12.7 Å². The summed E-state index contributed by atoms with van der Waals surface area (Å²) in [7, 11) is 0. The molecule has 0 bridgehead atoms. The molecule has 7 nitrogen and oxygen atoms in total. The quantitative estimate of drug-likeness (QED) is 0.203. The Kier molecular flexibility index (Phi) is 14.6. The van der Waals surface area contributed by atoms with E-state index < -0.39 is 0 Å². The number of ether oxygens (including phenoxy) is 2. The van der Waals surface area contributed by atoms with E-state index in [1.807, 2.05) is 13.8 Å². The third kappa shape index (κ3) is 11.5. The second kappa shape index (κ2) is 14.9. The second-order valence-corrected chi connectivity index (χ2v) is 5.14. The summed E-state index contributed by atoms with van der Waals surface area (Å²) in [6.07, 6.45) is 3.42. The highest BCUT2D eigenvalue weighted by Gasteiger charge is 2.14. The lowest BCUT2D eigenvalue weighted by Crippen LogP contribution is -2.39. The van der Waals surface area contributed by atoms with Crippen LogP contribution in [0.3, 0.4) is 0 Å². The minimum Gasteiger partial charge on any atom is -0.379 e. The van der Waals surface area contributed by atoms with Gasteiger partial charge in [0.15, 0.2) is 5.96 Å². The second-order valence-electron chi connectivity index (χ2n) is 5.14. The molecule has 0 aliphatic carbocycles. The maximum absolute atomic E-state index is 11.4. The van der Waals surface area contributed by atoms with Crippen LogP contribution in [0.5, 0.6) is 0 Å². The van der Waals surface area contributed by atoms with Gasteiger partial charge < -0.3 is 25.4 Å². The lowest BCUT2D eigenvalue weighted by Gasteiger charge is -2.12. The van der Waals surface area contributed by atoms with Gasteiger partial charge >= 0.3 is 0 Å². The summed E-state index contributed by atoms with van der Waals surface area (Å²) in [6, 6.07) is 0. The normalized spacial score (nSPS) is 17.5. The highest BCUT2D eigenvalue weighted by molar-refractivity contribution is 14.0. The van der Waals surface area contributed by atoms with E-state index in [-0.39, 0.29) is 42.5 Å². The summed E-state index contributed by atoms with van der Waals surface area (Å²) in [5, 5.41) is 9.03. The van der Waals surface area contributed by atoms with Crippen molar-refractivity contribution in [2.24, 2.45) is 4.99 Å². The van der Waals surface area contributed by atoms with E-state index >= 15 is 0 Å². The maximum atomic E-state index is 11.4. The first-order valence-corrected chi connectivity index (χ1v) is 8.24. The van der Waals surface area contributed by atoms with Gasteiger partial charge in [0.2, 0.25) is 5.91 Å². The molecule has 1 amide bonds. The molecular weight excluding hydrogens is 411 g/mol. The molecular formula is C15H31IN4O3. The summed E-state index contributed by atoms with van der Waals surface area (Å²) >= 11 is 0. The van der Waals surface area contributed by atoms with Crippen molar-refractivity contribution in [3.63, 3.8) is 0 Å². The van der Waals surface area contributed by atoms with Crippen LogP contribution in [0.2, 0.25) is 0 Å². The molecule has 1 heterocycles. The Labute approximate surface area is 156 Å². The molecule has 8 heteroatoms. The highest BCUT2D eigenvalue weighted by Crippen LogP contribution is 2.11. The van der Waals surface area contributed by atoms with E-state index in [9.17, 15) is 4.79 Å². The predicted molar refractivity (Wildman–Crippen MR) is 102 cm³/mol. The Morgan fingerprint density at radius 1 is 1.26 bits per heavy atom. The summed E-state index contributed by atoms with van der Waals surface area (Å²) in [5.41, 5.74) is 0. The fourth-order valence-electron chi connectivity index (χ4n) is 2.12. The SMILES string of the molecule is CCNC(=O)CN=C(NCC)NCCCOCC1CCCO1.I. The number of halogens is 1. The molecule has 1 rings (SSSR count). The van der Waals surface area contributed by atoms with E-state index in [2.05, 4.69) is 20.9 Å². The number of carbonyl (C=O) groups excluding carboxylic acids is 1. The van der Waals surface area contributed by atoms with Crippen LogP contribution < -0.4 is 16.0 Å². The lowest BCUT2D eigenvalue weighted by atomic mass is 10.2. The Morgan fingerprint density at radius 3 is 2.70 bits per heavy atom. The molecule has 0 aromatic rings. The largest absolute Gasteiger partial charge is 0.379 e. The molecule has 0 saturated carbocycles. The number of amides is 1. The molecule has 0 spiro atoms. The number of hydrogen-bond donors (Lipinski definition) is 3. The molecule has 23 heavy (non-hydrogen) atoms. The molecule has 0 radical (unpaired) electrons. The first kappa shape index (κ1) is 22.4. The van der Waals surface area contributed by atoms with Crippen LogP contribution in [-0.4, -0.2) is 64.0 Å². The van der Waals surface area contributed by atoms with E-state index in [1.165, 1.54) is 0 Å². The van der Waals surface area contributed by atoms with Gasteiger partial charge in [-0.25, -0.2) is 4.99 Å². The lowest BCUT2D eigenvalue weighted by molar-refractivity contribution is -0.119. The van der Waals surface area contributed by atoms with E-state index in [1.54, 1.807) is 0 Å². The van der Waals surface area contributed by atoms with Gasteiger partial charge in [-0.05, 0) is 33.1 Å². The summed E-state index contributed by atoms with van der Waals surface area (Å²) in [4.78, 5) is 15.6. The summed E-state index contributed by atoms with van der Waals surface area (Å²) < 4.78 is 11.1. The number of carbonyl (C=O) groups is 1. The monoisotopic (exact) mass is 442 g/mol. The number of guanidine groups is 1. The van der Waals surface area contributed by atoms with Crippen molar-refractivity contribution in [3.05, 3.63) is 0 Å². The van der Waals surface area contributed by atoms with Crippen molar-refractivity contribution in [2.75, 3.05) is 46.0 Å². The van der Waals surface area contributed by atoms with Gasteiger partial charge in [-0.1, -0.05) is 0 Å². The van der Waals surface area contributed by atoms with Crippen molar-refractivity contribution in [2.45, 2.75) is 39.2 Å². The Bertz CT molecular complexity index is 337. The van der Waals surface area contributed by atoms with Gasteiger partial charge in [-0.15, -0.1) is 24.0 Å². The Hall–Kier alpha value is -0.610. The fourth-order valence-corrected chi connectivity index (χ4v) is 2.12. The molecule has 1 saturated heterocycles. The average molecular weight is 442 g/mol. The van der Waals surface area contributed by atoms with Crippen LogP contribution in [-0.2, 0) is 14.3 Å². The molecule has 1 aliphatic rings. The standard InChI is InChI=1S/C15H30N4O3.HI/c1-3-16-14(20)11-19-15(17-4-2)18-8-6-9-21-12-13-7-5-10-22-13;/h13H,3-12H2,1-2H3,(H,16,20)(H2,17,18,19);1H. The van der Waals surface area contributed by atoms with Crippen molar-refractivity contribution < 1.29 is 14.3 Å². The minimum atomic E-state index is -0.0698. The first-order valence-electron chi connectivity index (χ1n) is 8.24. The highest BCUT2D eigenvalue weighted by atomic mass is 127. The fraction of sp³-hybridized carbons (Fsp3) is 0.867. The van der Waals surface area contributed by atoms with Gasteiger partial charge in [-0.3, -0.25) is 4.79 Å². The summed E-state index contributed by atoms with van der Waals surface area (Å²) in [6.45, 7) is 8.41. The molecule has 1 unspecified atom stereocenters. The number of aliphatic imine (C=N–C) groups is 1. The van der Waals surface area contributed by atoms with Gasteiger partial charge in [0.1, 0.15) is 6.54 Å². The molecule has 1 aliphatic heterocycles. The number of hydrogen-bond acceptors (Lipinski definition) is 4. The molecule has 0 aromatic heterocycles. The van der Waals surface area contributed by atoms with Gasteiger partial charge in [-0.2, -0.15) is 0 Å². The third-order valence-electron chi connectivity index (χ3n) is 3.18. The van der Waals surface area contributed by atoms with E-state index in [0.717, 1.165) is 39.0 Å². The zero-order valence-corrected chi connectivity index (χ0v) is 16.6. The molecule has 1 fully saturated rings. The number of nitrogens with zero attached hydrogens (tertiary/aromatic N) is 1. The zero-order valence-electron chi connectivity index (χ0n) is 14.2. The smallest absolute Gasteiger partial charge is 0.241 e. The third-order valence-corrected chi connectivity index (χ3v) is 3.18. The van der Waals surface area contributed by atoms with Crippen LogP contribution in [0.1, 0.15) is 33.1 Å². The topological polar surface area (TPSA) is 84.0 Å². The van der Waals surface area contributed by atoms with E-state index in [4.69, 9.17) is 9.47 Å². The van der Waals surface area contributed by atoms with Crippen LogP contribution in [0.4, 0.5) is 0 Å². The molecule has 136 valence electrons. The predicted octanol–water partition coefficient (Wildman–Crippen LogP) is 0.881. The van der Waals surface area contributed by atoms with Crippen molar-refractivity contribution >= 4 is 35.8 Å². The van der Waals surface area contributed by atoms with E-state index in [0.29, 0.717) is 25.7 Å². The number of rotatable bonds is 10. The van der Waals surface area contributed by atoms with Crippen LogP contribution in [0.15, 0.2) is 4.99 Å². The average Bonchev–Trinajstić information content (AvgIpc) is 3.01. The molecule has 0 aromatic carbocycles. The van der Waals surface area contributed by atoms with Crippen molar-refractivity contribution in [1.29, 1.82) is 0 Å². The van der Waals surface area contributed by atoms with Gasteiger partial charge in [0.25, 0.3) is 0 Å². The number of nitrogens with one attached hydrogen (secondary N) is 3. The van der Waals surface area contributed by atoms with Gasteiger partial charge in [0, 0.05) is 32.8 Å². The van der Waals surface area contributed by atoms with Crippen molar-refractivity contribution in [1.82, 2.24) is 16.0 Å². The summed E-state index contributed by atoms with van der Waals surface area (Å²) in [5.74, 6) is 0.590. The molecule has 1 atom stereocenters. The van der Waals surface area contributed by atoms with Crippen LogP contribution in [0, 0.1) is 0 Å².